The second kappa shape index (κ2) is 9.33. The van der Waals surface area contributed by atoms with Crippen LogP contribution in [-0.2, 0) is 6.54 Å². The number of rotatable bonds is 8. The van der Waals surface area contributed by atoms with E-state index < -0.39 is 0 Å². The molecule has 7 heteroatoms. The van der Waals surface area contributed by atoms with Gasteiger partial charge in [0, 0.05) is 11.3 Å². The van der Waals surface area contributed by atoms with Gasteiger partial charge in [0.25, 0.3) is 0 Å². The fourth-order valence-corrected chi connectivity index (χ4v) is 3.82. The zero-order chi connectivity index (χ0) is 20.8. The minimum Gasteiger partial charge on any atom is -0.493 e. The quantitative estimate of drug-likeness (QED) is 0.299. The van der Waals surface area contributed by atoms with Crippen molar-refractivity contribution in [3.63, 3.8) is 0 Å². The van der Waals surface area contributed by atoms with Crippen LogP contribution in [0.15, 0.2) is 76.5 Å². The lowest BCUT2D eigenvalue weighted by Gasteiger charge is -2.11. The number of hydrogen-bond donors (Lipinski definition) is 0. The molecule has 6 nitrogen and oxygen atoms in total. The summed E-state index contributed by atoms with van der Waals surface area (Å²) < 4.78 is 13.4. The Hall–Kier alpha value is -3.50. The van der Waals surface area contributed by atoms with Gasteiger partial charge in [0.05, 0.1) is 31.0 Å². The van der Waals surface area contributed by atoms with Crippen molar-refractivity contribution in [1.82, 2.24) is 14.8 Å². The zero-order valence-corrected chi connectivity index (χ0v) is 17.3. The topological polar surface area (TPSA) is 76.9 Å². The number of nitrogens with zero attached hydrogens (tertiary/aromatic N) is 4. The van der Waals surface area contributed by atoms with E-state index in [1.807, 2.05) is 36.4 Å². The number of benzene rings is 2. The molecule has 0 aliphatic heterocycles. The Morgan fingerprint density at radius 2 is 2.00 bits per heavy atom. The molecule has 0 atom stereocenters. The maximum atomic E-state index is 9.00. The molecular weight excluding hydrogens is 396 g/mol. The van der Waals surface area contributed by atoms with Crippen molar-refractivity contribution in [3.8, 4) is 23.2 Å². The van der Waals surface area contributed by atoms with Crippen LogP contribution in [0.3, 0.4) is 0 Å². The molecule has 0 aliphatic rings. The lowest BCUT2D eigenvalue weighted by atomic mass is 10.1. The van der Waals surface area contributed by atoms with Gasteiger partial charge in [-0.2, -0.15) is 5.26 Å². The number of furan rings is 1. The molecule has 0 aliphatic carbocycles. The third kappa shape index (κ3) is 4.56. The predicted octanol–water partition coefficient (Wildman–Crippen LogP) is 4.94. The van der Waals surface area contributed by atoms with Crippen molar-refractivity contribution in [2.24, 2.45) is 0 Å². The molecule has 0 N–H and O–H groups in total. The van der Waals surface area contributed by atoms with E-state index in [0.717, 1.165) is 27.9 Å². The molecule has 0 unspecified atom stereocenters. The van der Waals surface area contributed by atoms with Gasteiger partial charge >= 0.3 is 0 Å². The Bertz CT molecular complexity index is 1160. The van der Waals surface area contributed by atoms with Gasteiger partial charge in [-0.25, -0.2) is 0 Å². The highest BCUT2D eigenvalue weighted by Gasteiger charge is 2.17. The van der Waals surface area contributed by atoms with Gasteiger partial charge in [-0.3, -0.25) is 4.57 Å². The minimum atomic E-state index is 0.493. The SMILES string of the molecule is Cc1ccccc1-c1nnc(SCCOc2cccc(C#N)c2)n1Cc1ccco1. The molecule has 0 amide bonds. The van der Waals surface area contributed by atoms with Crippen molar-refractivity contribution in [1.29, 1.82) is 5.26 Å². The summed E-state index contributed by atoms with van der Waals surface area (Å²) in [6.45, 7) is 3.11. The number of nitriles is 1. The molecule has 4 rings (SSSR count). The summed E-state index contributed by atoms with van der Waals surface area (Å²) in [4.78, 5) is 0. The molecule has 0 spiro atoms. The molecular formula is C23H20N4O2S. The number of aryl methyl sites for hydroxylation is 1. The summed E-state index contributed by atoms with van der Waals surface area (Å²) in [6.07, 6.45) is 1.67. The maximum Gasteiger partial charge on any atom is 0.192 e. The molecule has 2 aromatic heterocycles. The lowest BCUT2D eigenvalue weighted by molar-refractivity contribution is 0.343. The van der Waals surface area contributed by atoms with Gasteiger partial charge in [-0.15, -0.1) is 10.2 Å². The molecule has 4 aromatic rings. The van der Waals surface area contributed by atoms with E-state index in [2.05, 4.69) is 39.9 Å². The molecule has 30 heavy (non-hydrogen) atoms. The van der Waals surface area contributed by atoms with Crippen LogP contribution in [0.4, 0.5) is 0 Å². The van der Waals surface area contributed by atoms with Gasteiger partial charge < -0.3 is 9.15 Å². The molecule has 2 heterocycles. The van der Waals surface area contributed by atoms with Crippen LogP contribution >= 0.6 is 11.8 Å². The first-order valence-electron chi connectivity index (χ1n) is 9.52. The van der Waals surface area contributed by atoms with Crippen molar-refractivity contribution in [2.45, 2.75) is 18.6 Å². The first-order valence-corrected chi connectivity index (χ1v) is 10.5. The molecule has 150 valence electrons. The zero-order valence-electron chi connectivity index (χ0n) is 16.5. The van der Waals surface area contributed by atoms with Crippen LogP contribution in [-0.4, -0.2) is 27.1 Å². The standard InChI is InChI=1S/C23H20N4O2S/c1-17-6-2-3-10-21(17)22-25-26-23(27(22)16-20-9-5-11-28-20)30-13-12-29-19-8-4-7-18(14-19)15-24/h2-11,14H,12-13,16H2,1H3. The van der Waals surface area contributed by atoms with Gasteiger partial charge in [0.15, 0.2) is 11.0 Å². The smallest absolute Gasteiger partial charge is 0.192 e. The largest absolute Gasteiger partial charge is 0.493 e. The Morgan fingerprint density at radius 1 is 1.10 bits per heavy atom. The van der Waals surface area contributed by atoms with Gasteiger partial charge in [-0.1, -0.05) is 42.1 Å². The average molecular weight is 417 g/mol. The summed E-state index contributed by atoms with van der Waals surface area (Å²) >= 11 is 1.58. The van der Waals surface area contributed by atoms with Gasteiger partial charge in [0.2, 0.25) is 0 Å². The second-order valence-electron chi connectivity index (χ2n) is 6.62. The normalized spacial score (nSPS) is 10.7. The Labute approximate surface area is 179 Å². The highest BCUT2D eigenvalue weighted by atomic mass is 32.2. The van der Waals surface area contributed by atoms with Crippen molar-refractivity contribution < 1.29 is 9.15 Å². The fourth-order valence-electron chi connectivity index (χ4n) is 3.07. The van der Waals surface area contributed by atoms with Crippen molar-refractivity contribution >= 4 is 11.8 Å². The van der Waals surface area contributed by atoms with Crippen molar-refractivity contribution in [2.75, 3.05) is 12.4 Å². The van der Waals surface area contributed by atoms with E-state index >= 15 is 0 Å². The Balaban J connectivity index is 1.49. The average Bonchev–Trinajstić information content (AvgIpc) is 3.42. The van der Waals surface area contributed by atoms with Crippen LogP contribution in [0, 0.1) is 18.3 Å². The van der Waals surface area contributed by atoms with E-state index in [1.54, 1.807) is 30.2 Å². The third-order valence-corrected chi connectivity index (χ3v) is 5.47. The first-order chi connectivity index (χ1) is 14.7. The van der Waals surface area contributed by atoms with Crippen LogP contribution in [0.2, 0.25) is 0 Å². The van der Waals surface area contributed by atoms with Crippen LogP contribution in [0.5, 0.6) is 5.75 Å². The van der Waals surface area contributed by atoms with E-state index in [0.29, 0.717) is 30.2 Å². The highest BCUT2D eigenvalue weighted by Crippen LogP contribution is 2.27. The van der Waals surface area contributed by atoms with Gasteiger partial charge in [0.1, 0.15) is 11.5 Å². The monoisotopic (exact) mass is 416 g/mol. The molecule has 0 radical (unpaired) electrons. The maximum absolute atomic E-state index is 9.00. The third-order valence-electron chi connectivity index (χ3n) is 4.54. The Kier molecular flexibility index (Phi) is 6.16. The van der Waals surface area contributed by atoms with Crippen molar-refractivity contribution in [3.05, 3.63) is 83.8 Å². The van der Waals surface area contributed by atoms with Crippen LogP contribution < -0.4 is 4.74 Å². The fraction of sp³-hybridized carbons (Fsp3) is 0.174. The number of aromatic nitrogens is 3. The van der Waals surface area contributed by atoms with Crippen LogP contribution in [0.25, 0.3) is 11.4 Å². The summed E-state index contributed by atoms with van der Waals surface area (Å²) in [5.41, 5.74) is 2.78. The number of thioether (sulfide) groups is 1. The first kappa shape index (κ1) is 19.8. The minimum absolute atomic E-state index is 0.493. The molecule has 0 saturated carbocycles. The summed E-state index contributed by atoms with van der Waals surface area (Å²) in [7, 11) is 0. The Morgan fingerprint density at radius 3 is 2.80 bits per heavy atom. The van der Waals surface area contributed by atoms with Gasteiger partial charge in [-0.05, 0) is 42.8 Å². The number of ether oxygens (including phenoxy) is 1. The lowest BCUT2D eigenvalue weighted by Crippen LogP contribution is -2.06. The predicted molar refractivity (Wildman–Crippen MR) is 115 cm³/mol. The van der Waals surface area contributed by atoms with E-state index in [1.165, 1.54) is 0 Å². The molecule has 0 bridgehead atoms. The summed E-state index contributed by atoms with van der Waals surface area (Å²) in [6, 6.07) is 21.2. The summed E-state index contributed by atoms with van der Waals surface area (Å²) in [5, 5.41) is 18.7. The van der Waals surface area contributed by atoms with E-state index in [-0.39, 0.29) is 0 Å². The van der Waals surface area contributed by atoms with Crippen LogP contribution in [0.1, 0.15) is 16.9 Å². The second-order valence-corrected chi connectivity index (χ2v) is 7.69. The summed E-state index contributed by atoms with van der Waals surface area (Å²) in [5.74, 6) is 3.04. The highest BCUT2D eigenvalue weighted by molar-refractivity contribution is 7.99. The molecule has 0 saturated heterocycles. The van der Waals surface area contributed by atoms with E-state index in [4.69, 9.17) is 14.4 Å². The van der Waals surface area contributed by atoms with E-state index in [9.17, 15) is 0 Å². The number of hydrogen-bond acceptors (Lipinski definition) is 6. The molecule has 2 aromatic carbocycles. The molecule has 0 fully saturated rings.